The molecule has 0 amide bonds. The topological polar surface area (TPSA) is 35.5 Å². The number of benzene rings is 1. The van der Waals surface area contributed by atoms with Crippen LogP contribution in [-0.4, -0.2) is 20.2 Å². The van der Waals surface area contributed by atoms with E-state index < -0.39 is 0 Å². The van der Waals surface area contributed by atoms with E-state index in [4.69, 9.17) is 9.47 Å². The highest BCUT2D eigenvalue weighted by Crippen LogP contribution is 2.58. The molecule has 2 aliphatic rings. The number of hydrogen-bond acceptors (Lipinski definition) is 3. The highest BCUT2D eigenvalue weighted by Gasteiger charge is 2.55. The maximum absolute atomic E-state index is 12.6. The van der Waals surface area contributed by atoms with E-state index in [1.807, 2.05) is 0 Å². The third-order valence-corrected chi connectivity index (χ3v) is 6.93. The molecule has 3 heteroatoms. The van der Waals surface area contributed by atoms with Crippen LogP contribution in [0.1, 0.15) is 69.6 Å². The quantitative estimate of drug-likeness (QED) is 0.734. The van der Waals surface area contributed by atoms with Crippen LogP contribution in [0.4, 0.5) is 0 Å². The molecule has 0 unspecified atom stereocenters. The van der Waals surface area contributed by atoms with E-state index in [2.05, 4.69) is 32.9 Å². The predicted octanol–water partition coefficient (Wildman–Crippen LogP) is 4.83. The second-order valence-electron chi connectivity index (χ2n) is 8.34. The second kappa shape index (κ2) is 6.66. The Labute approximate surface area is 152 Å². The molecule has 3 nitrogen and oxygen atoms in total. The highest BCUT2D eigenvalue weighted by molar-refractivity contribution is 5.77. The third-order valence-electron chi connectivity index (χ3n) is 6.93. The maximum atomic E-state index is 12.6. The van der Waals surface area contributed by atoms with Crippen LogP contribution in [0.2, 0.25) is 0 Å². The monoisotopic (exact) mass is 344 g/mol. The van der Waals surface area contributed by atoms with Crippen molar-refractivity contribution >= 4 is 5.97 Å². The summed E-state index contributed by atoms with van der Waals surface area (Å²) < 4.78 is 10.9. The average molecular weight is 344 g/mol. The number of methoxy groups -OCH3 is 2. The number of esters is 1. The summed E-state index contributed by atoms with van der Waals surface area (Å²) in [4.78, 5) is 12.6. The predicted molar refractivity (Wildman–Crippen MR) is 100 cm³/mol. The van der Waals surface area contributed by atoms with Crippen LogP contribution in [0.15, 0.2) is 12.1 Å². The molecule has 1 fully saturated rings. The second-order valence-corrected chi connectivity index (χ2v) is 8.34. The van der Waals surface area contributed by atoms with Gasteiger partial charge in [-0.05, 0) is 73.1 Å². The normalized spacial score (nSPS) is 31.0. The SMILES string of the molecule is CCCc1cc2c(cc1OC)[C@]1(C)CCC[C@](C)(C(=O)OC)[C@@H]1CC2. The lowest BCUT2D eigenvalue weighted by molar-refractivity contribution is -0.161. The van der Waals surface area contributed by atoms with Crippen molar-refractivity contribution < 1.29 is 14.3 Å². The van der Waals surface area contributed by atoms with Crippen LogP contribution in [0.3, 0.4) is 0 Å². The lowest BCUT2D eigenvalue weighted by atomic mass is 9.49. The number of carbonyl (C=O) groups is 1. The average Bonchev–Trinajstić information content (AvgIpc) is 2.60. The Hall–Kier alpha value is -1.51. The van der Waals surface area contributed by atoms with E-state index in [1.54, 1.807) is 7.11 Å². The van der Waals surface area contributed by atoms with E-state index in [9.17, 15) is 4.79 Å². The molecular weight excluding hydrogens is 312 g/mol. The number of carbonyl (C=O) groups excluding carboxylic acids is 1. The Balaban J connectivity index is 2.09. The lowest BCUT2D eigenvalue weighted by Gasteiger charge is -2.54. The molecule has 0 aromatic heterocycles. The molecule has 138 valence electrons. The molecule has 0 aliphatic heterocycles. The fraction of sp³-hybridized carbons (Fsp3) is 0.682. The van der Waals surface area contributed by atoms with Gasteiger partial charge in [0.05, 0.1) is 19.6 Å². The summed E-state index contributed by atoms with van der Waals surface area (Å²) in [6, 6.07) is 4.64. The van der Waals surface area contributed by atoms with Gasteiger partial charge in [-0.1, -0.05) is 32.8 Å². The third kappa shape index (κ3) is 2.76. The van der Waals surface area contributed by atoms with Gasteiger partial charge >= 0.3 is 5.97 Å². The largest absolute Gasteiger partial charge is 0.496 e. The molecule has 25 heavy (non-hydrogen) atoms. The first-order valence-corrected chi connectivity index (χ1v) is 9.69. The smallest absolute Gasteiger partial charge is 0.311 e. The molecule has 0 radical (unpaired) electrons. The van der Waals surface area contributed by atoms with Gasteiger partial charge in [0.15, 0.2) is 0 Å². The Morgan fingerprint density at radius 2 is 2.00 bits per heavy atom. The summed E-state index contributed by atoms with van der Waals surface area (Å²) in [6.45, 7) is 6.68. The zero-order chi connectivity index (χ0) is 18.2. The molecule has 2 aliphatic carbocycles. The molecule has 3 rings (SSSR count). The zero-order valence-electron chi connectivity index (χ0n) is 16.4. The van der Waals surface area contributed by atoms with E-state index in [-0.39, 0.29) is 16.8 Å². The Kier molecular flexibility index (Phi) is 4.87. The lowest BCUT2D eigenvalue weighted by Crippen LogP contribution is -2.52. The number of ether oxygens (including phenoxy) is 2. The Morgan fingerprint density at radius 3 is 2.64 bits per heavy atom. The van der Waals surface area contributed by atoms with Gasteiger partial charge in [0.1, 0.15) is 5.75 Å². The zero-order valence-corrected chi connectivity index (χ0v) is 16.4. The van der Waals surface area contributed by atoms with Crippen molar-refractivity contribution in [3.8, 4) is 5.75 Å². The fourth-order valence-electron chi connectivity index (χ4n) is 5.68. The molecule has 0 spiro atoms. The summed E-state index contributed by atoms with van der Waals surface area (Å²) in [6.07, 6.45) is 7.41. The molecule has 0 saturated heterocycles. The molecule has 0 bridgehead atoms. The van der Waals surface area contributed by atoms with Crippen LogP contribution in [0.5, 0.6) is 5.75 Å². The van der Waals surface area contributed by atoms with E-state index in [0.717, 1.165) is 50.7 Å². The van der Waals surface area contributed by atoms with Crippen LogP contribution in [0.25, 0.3) is 0 Å². The van der Waals surface area contributed by atoms with Crippen molar-refractivity contribution in [3.63, 3.8) is 0 Å². The van der Waals surface area contributed by atoms with Crippen LogP contribution >= 0.6 is 0 Å². The minimum absolute atomic E-state index is 0.0206. The number of aryl methyl sites for hydroxylation is 2. The molecule has 1 aromatic carbocycles. The first-order valence-electron chi connectivity index (χ1n) is 9.69. The summed E-state index contributed by atoms with van der Waals surface area (Å²) in [5.74, 6) is 1.30. The van der Waals surface area contributed by atoms with Crippen LogP contribution < -0.4 is 4.74 Å². The molecule has 1 aromatic rings. The van der Waals surface area contributed by atoms with Crippen molar-refractivity contribution in [3.05, 3.63) is 28.8 Å². The van der Waals surface area contributed by atoms with Crippen molar-refractivity contribution in [1.82, 2.24) is 0 Å². The Morgan fingerprint density at radius 1 is 1.24 bits per heavy atom. The summed E-state index contributed by atoms with van der Waals surface area (Å²) in [5.41, 5.74) is 3.81. The molecule has 0 heterocycles. The maximum Gasteiger partial charge on any atom is 0.311 e. The van der Waals surface area contributed by atoms with Gasteiger partial charge < -0.3 is 9.47 Å². The van der Waals surface area contributed by atoms with Gasteiger partial charge in [-0.2, -0.15) is 0 Å². The summed E-state index contributed by atoms with van der Waals surface area (Å²) >= 11 is 0. The first-order chi connectivity index (χ1) is 11.9. The minimum atomic E-state index is -0.380. The standard InChI is InChI=1S/C22H32O3/c1-6-8-16-13-15-9-10-19-21(2,17(15)14-18(16)24-4)11-7-12-22(19,3)20(23)25-5/h13-14,19H,6-12H2,1-5H3/t19-,21+,22+/m1/s1. The number of rotatable bonds is 4. The van der Waals surface area contributed by atoms with Gasteiger partial charge in [-0.3, -0.25) is 4.79 Å². The Bertz CT molecular complexity index is 665. The van der Waals surface area contributed by atoms with Crippen molar-refractivity contribution in [2.45, 2.75) is 71.1 Å². The summed E-state index contributed by atoms with van der Waals surface area (Å²) in [7, 11) is 3.29. The van der Waals surface area contributed by atoms with E-state index >= 15 is 0 Å². The van der Waals surface area contributed by atoms with Gasteiger partial charge in [0, 0.05) is 0 Å². The molecular formula is C22H32O3. The van der Waals surface area contributed by atoms with Crippen molar-refractivity contribution in [2.24, 2.45) is 11.3 Å². The van der Waals surface area contributed by atoms with Crippen LogP contribution in [0, 0.1) is 11.3 Å². The first kappa shape index (κ1) is 18.3. The van der Waals surface area contributed by atoms with Gasteiger partial charge in [0.25, 0.3) is 0 Å². The van der Waals surface area contributed by atoms with Crippen molar-refractivity contribution in [2.75, 3.05) is 14.2 Å². The number of fused-ring (bicyclic) bond motifs is 3. The van der Waals surface area contributed by atoms with E-state index in [1.165, 1.54) is 23.8 Å². The van der Waals surface area contributed by atoms with Gasteiger partial charge in [0.2, 0.25) is 0 Å². The molecule has 1 saturated carbocycles. The van der Waals surface area contributed by atoms with Crippen molar-refractivity contribution in [1.29, 1.82) is 0 Å². The van der Waals surface area contributed by atoms with Crippen LogP contribution in [-0.2, 0) is 27.8 Å². The number of hydrogen-bond donors (Lipinski definition) is 0. The van der Waals surface area contributed by atoms with E-state index in [0.29, 0.717) is 5.92 Å². The fourth-order valence-corrected chi connectivity index (χ4v) is 5.68. The summed E-state index contributed by atoms with van der Waals surface area (Å²) in [5, 5.41) is 0. The highest BCUT2D eigenvalue weighted by atomic mass is 16.5. The minimum Gasteiger partial charge on any atom is -0.496 e. The molecule has 3 atom stereocenters. The van der Waals surface area contributed by atoms with Gasteiger partial charge in [-0.15, -0.1) is 0 Å². The van der Waals surface area contributed by atoms with Gasteiger partial charge in [-0.25, -0.2) is 0 Å². The molecule has 0 N–H and O–H groups in total.